The maximum Gasteiger partial charge on any atom is 0.331 e. The van der Waals surface area contributed by atoms with Crippen LogP contribution < -0.4 is 10.1 Å². The molecule has 1 aromatic carbocycles. The molecule has 1 heterocycles. The van der Waals surface area contributed by atoms with Gasteiger partial charge >= 0.3 is 5.97 Å². The average Bonchev–Trinajstić information content (AvgIpc) is 2.88. The van der Waals surface area contributed by atoms with Gasteiger partial charge in [-0.1, -0.05) is 15.9 Å². The highest BCUT2D eigenvalue weighted by atomic mass is 79.9. The summed E-state index contributed by atoms with van der Waals surface area (Å²) in [5.74, 6) is -1.22. The van der Waals surface area contributed by atoms with Gasteiger partial charge in [-0.2, -0.15) is 0 Å². The summed E-state index contributed by atoms with van der Waals surface area (Å²) in [5, 5.41) is 11.8. The van der Waals surface area contributed by atoms with Crippen molar-refractivity contribution >= 4 is 27.8 Å². The normalized spacial score (nSPS) is 21.5. The van der Waals surface area contributed by atoms with E-state index in [-0.39, 0.29) is 18.6 Å². The number of carboxylic acids is 1. The molecule has 1 fully saturated rings. The molecule has 1 aliphatic heterocycles. The number of methoxy groups -OCH3 is 1. The molecule has 0 aromatic heterocycles. The van der Waals surface area contributed by atoms with E-state index in [2.05, 4.69) is 21.2 Å². The van der Waals surface area contributed by atoms with Crippen molar-refractivity contribution < 1.29 is 24.2 Å². The van der Waals surface area contributed by atoms with Crippen molar-refractivity contribution in [3.8, 4) is 5.75 Å². The smallest absolute Gasteiger partial charge is 0.331 e. The molecule has 108 valence electrons. The molecule has 6 nitrogen and oxygen atoms in total. The van der Waals surface area contributed by atoms with Gasteiger partial charge in [0.1, 0.15) is 5.75 Å². The summed E-state index contributed by atoms with van der Waals surface area (Å²) < 4.78 is 11.0. The molecule has 2 rings (SSSR count). The number of ether oxygens (including phenoxy) is 2. The predicted molar refractivity (Wildman–Crippen MR) is 74.0 cm³/mol. The van der Waals surface area contributed by atoms with Crippen LogP contribution in [0.2, 0.25) is 0 Å². The van der Waals surface area contributed by atoms with Crippen LogP contribution >= 0.6 is 15.9 Å². The lowest BCUT2D eigenvalue weighted by molar-refractivity contribution is -0.144. The zero-order valence-electron chi connectivity index (χ0n) is 10.8. The van der Waals surface area contributed by atoms with Crippen molar-refractivity contribution in [3.63, 3.8) is 0 Å². The van der Waals surface area contributed by atoms with E-state index in [0.29, 0.717) is 12.4 Å². The number of amides is 1. The second kappa shape index (κ2) is 5.80. The Bertz CT molecular complexity index is 540. The average molecular weight is 344 g/mol. The van der Waals surface area contributed by atoms with Crippen molar-refractivity contribution in [2.75, 3.05) is 20.3 Å². The SMILES string of the molecule is COc1cc(Br)ccc1C(=O)NC1(C(=O)O)CCOC1. The quantitative estimate of drug-likeness (QED) is 0.863. The van der Waals surface area contributed by atoms with Crippen LogP contribution in [0.1, 0.15) is 16.8 Å². The standard InChI is InChI=1S/C13H14BrNO5/c1-19-10-6-8(14)2-3-9(10)11(16)15-13(12(17)18)4-5-20-7-13/h2-3,6H,4-5,7H2,1H3,(H,15,16)(H,17,18). The molecule has 20 heavy (non-hydrogen) atoms. The summed E-state index contributed by atoms with van der Waals surface area (Å²) in [6.07, 6.45) is 0.243. The van der Waals surface area contributed by atoms with Gasteiger partial charge in [-0.3, -0.25) is 4.79 Å². The van der Waals surface area contributed by atoms with Gasteiger partial charge in [-0.25, -0.2) is 4.79 Å². The molecule has 1 aliphatic rings. The third-order valence-corrected chi connectivity index (χ3v) is 3.69. The lowest BCUT2D eigenvalue weighted by Gasteiger charge is -2.24. The van der Waals surface area contributed by atoms with Gasteiger partial charge in [-0.05, 0) is 18.2 Å². The molecule has 1 atom stereocenters. The molecule has 0 aliphatic carbocycles. The first-order valence-electron chi connectivity index (χ1n) is 5.96. The summed E-state index contributed by atoms with van der Waals surface area (Å²) >= 11 is 3.28. The number of aliphatic carboxylic acids is 1. The number of rotatable bonds is 4. The van der Waals surface area contributed by atoms with Gasteiger partial charge in [0.05, 0.1) is 19.3 Å². The molecule has 7 heteroatoms. The van der Waals surface area contributed by atoms with Crippen molar-refractivity contribution in [3.05, 3.63) is 28.2 Å². The van der Waals surface area contributed by atoms with E-state index in [1.807, 2.05) is 0 Å². The molecule has 2 N–H and O–H groups in total. The highest BCUT2D eigenvalue weighted by Gasteiger charge is 2.44. The number of hydrogen-bond donors (Lipinski definition) is 2. The number of carbonyl (C=O) groups is 2. The molecular formula is C13H14BrNO5. The van der Waals surface area contributed by atoms with Gasteiger partial charge in [-0.15, -0.1) is 0 Å². The predicted octanol–water partition coefficient (Wildman–Crippen LogP) is 1.43. The Morgan fingerprint density at radius 1 is 1.50 bits per heavy atom. The minimum atomic E-state index is -1.37. The van der Waals surface area contributed by atoms with Crippen LogP contribution in [-0.2, 0) is 9.53 Å². The van der Waals surface area contributed by atoms with Crippen LogP contribution in [0, 0.1) is 0 Å². The summed E-state index contributed by atoms with van der Waals surface area (Å²) in [6, 6.07) is 4.91. The summed E-state index contributed by atoms with van der Waals surface area (Å²) in [7, 11) is 1.45. The van der Waals surface area contributed by atoms with Gasteiger partial charge in [0.2, 0.25) is 0 Å². The van der Waals surface area contributed by atoms with Crippen LogP contribution in [0.3, 0.4) is 0 Å². The second-order valence-corrected chi connectivity index (χ2v) is 5.40. The number of hydrogen-bond acceptors (Lipinski definition) is 4. The Kier molecular flexibility index (Phi) is 4.29. The van der Waals surface area contributed by atoms with E-state index in [9.17, 15) is 14.7 Å². The number of carboxylic acid groups (broad SMARTS) is 1. The third-order valence-electron chi connectivity index (χ3n) is 3.19. The molecular weight excluding hydrogens is 330 g/mol. The van der Waals surface area contributed by atoms with Crippen molar-refractivity contribution in [1.29, 1.82) is 0 Å². The van der Waals surface area contributed by atoms with E-state index in [4.69, 9.17) is 9.47 Å². The van der Waals surface area contributed by atoms with Crippen LogP contribution in [0.25, 0.3) is 0 Å². The first kappa shape index (κ1) is 14.8. The maximum absolute atomic E-state index is 12.3. The molecule has 0 spiro atoms. The van der Waals surface area contributed by atoms with Crippen molar-refractivity contribution in [1.82, 2.24) is 5.32 Å². The maximum atomic E-state index is 12.3. The molecule has 0 saturated carbocycles. The molecule has 1 saturated heterocycles. The zero-order valence-corrected chi connectivity index (χ0v) is 12.4. The molecule has 1 aromatic rings. The van der Waals surface area contributed by atoms with Crippen LogP contribution in [0.5, 0.6) is 5.75 Å². The molecule has 1 amide bonds. The van der Waals surface area contributed by atoms with E-state index in [1.54, 1.807) is 18.2 Å². The molecule has 0 radical (unpaired) electrons. The first-order valence-corrected chi connectivity index (χ1v) is 6.75. The fourth-order valence-electron chi connectivity index (χ4n) is 2.02. The van der Waals surface area contributed by atoms with E-state index < -0.39 is 17.4 Å². The Morgan fingerprint density at radius 3 is 2.80 bits per heavy atom. The Labute approximate surface area is 124 Å². The number of carbonyl (C=O) groups excluding carboxylic acids is 1. The largest absolute Gasteiger partial charge is 0.496 e. The zero-order chi connectivity index (χ0) is 14.8. The van der Waals surface area contributed by atoms with Crippen LogP contribution in [-0.4, -0.2) is 42.8 Å². The van der Waals surface area contributed by atoms with Gasteiger partial charge in [0, 0.05) is 17.5 Å². The Hall–Kier alpha value is -1.60. The topological polar surface area (TPSA) is 84.9 Å². The number of nitrogens with one attached hydrogen (secondary N) is 1. The Morgan fingerprint density at radius 2 is 2.25 bits per heavy atom. The second-order valence-electron chi connectivity index (χ2n) is 4.49. The van der Waals surface area contributed by atoms with Crippen LogP contribution in [0.4, 0.5) is 0 Å². The monoisotopic (exact) mass is 343 g/mol. The summed E-state index contributed by atoms with van der Waals surface area (Å²) in [5.41, 5.74) is -1.09. The highest BCUT2D eigenvalue weighted by Crippen LogP contribution is 2.25. The third kappa shape index (κ3) is 2.78. The van der Waals surface area contributed by atoms with Gasteiger partial charge < -0.3 is 19.9 Å². The highest BCUT2D eigenvalue weighted by molar-refractivity contribution is 9.10. The Balaban J connectivity index is 2.26. The minimum Gasteiger partial charge on any atom is -0.496 e. The molecule has 1 unspecified atom stereocenters. The van der Waals surface area contributed by atoms with E-state index in [1.165, 1.54) is 7.11 Å². The summed E-state index contributed by atoms with van der Waals surface area (Å²) in [4.78, 5) is 23.6. The first-order chi connectivity index (χ1) is 9.48. The van der Waals surface area contributed by atoms with Crippen molar-refractivity contribution in [2.24, 2.45) is 0 Å². The number of halogens is 1. The van der Waals surface area contributed by atoms with Gasteiger partial charge in [0.25, 0.3) is 5.91 Å². The van der Waals surface area contributed by atoms with Gasteiger partial charge in [0.15, 0.2) is 5.54 Å². The summed E-state index contributed by atoms with van der Waals surface area (Å²) in [6.45, 7) is 0.275. The fourth-order valence-corrected chi connectivity index (χ4v) is 2.36. The van der Waals surface area contributed by atoms with E-state index in [0.717, 1.165) is 4.47 Å². The lowest BCUT2D eigenvalue weighted by Crippen LogP contribution is -2.55. The van der Waals surface area contributed by atoms with E-state index >= 15 is 0 Å². The molecule has 0 bridgehead atoms. The fraction of sp³-hybridized carbons (Fsp3) is 0.385. The lowest BCUT2D eigenvalue weighted by atomic mass is 9.98. The minimum absolute atomic E-state index is 0.0348. The van der Waals surface area contributed by atoms with Crippen molar-refractivity contribution in [2.45, 2.75) is 12.0 Å². The van der Waals surface area contributed by atoms with Crippen LogP contribution in [0.15, 0.2) is 22.7 Å². The number of benzene rings is 1.